The highest BCUT2D eigenvalue weighted by Crippen LogP contribution is 2.50. The first-order chi connectivity index (χ1) is 17.3. The van der Waals surface area contributed by atoms with Crippen LogP contribution in [0.4, 0.5) is 16.4 Å². The summed E-state index contributed by atoms with van der Waals surface area (Å²) in [5, 5.41) is 5.90. The van der Waals surface area contributed by atoms with Crippen LogP contribution in [0, 0.1) is 0 Å². The zero-order valence-electron chi connectivity index (χ0n) is 19.1. The fourth-order valence-corrected chi connectivity index (χ4v) is 5.76. The topological polar surface area (TPSA) is 3.24 Å². The second kappa shape index (κ2) is 9.29. The summed E-state index contributed by atoms with van der Waals surface area (Å²) in [7, 11) is 6.01. The lowest BCUT2D eigenvalue weighted by molar-refractivity contribution is 1.33. The van der Waals surface area contributed by atoms with Gasteiger partial charge in [0, 0.05) is 27.6 Å². The number of hydrogen-bond acceptors (Lipinski definition) is 2. The van der Waals surface area contributed by atoms with Gasteiger partial charge in [0.05, 0.1) is 5.69 Å². The molecule has 164 valence electrons. The second-order valence-corrected chi connectivity index (χ2v) is 9.34. The average Bonchev–Trinajstić information content (AvgIpc) is 3.35. The van der Waals surface area contributed by atoms with E-state index >= 15 is 0 Å². The molecule has 5 aromatic carbocycles. The van der Waals surface area contributed by atoms with E-state index in [0.717, 1.165) is 22.4 Å². The Morgan fingerprint density at radius 3 is 2.00 bits per heavy atom. The largest absolute Gasteiger partial charge is 0.301 e. The van der Waals surface area contributed by atoms with Crippen molar-refractivity contribution in [3.05, 3.63) is 133 Å². The van der Waals surface area contributed by atoms with Crippen molar-refractivity contribution in [1.82, 2.24) is 0 Å². The van der Waals surface area contributed by atoms with Crippen LogP contribution in [0.15, 0.2) is 133 Å². The first kappa shape index (κ1) is 21.5. The minimum atomic E-state index is 0.770. The highest BCUT2D eigenvalue weighted by atomic mass is 32.1. The molecule has 35 heavy (non-hydrogen) atoms. The molecular weight excluding hydrogens is 441 g/mol. The van der Waals surface area contributed by atoms with E-state index in [9.17, 15) is 0 Å². The smallest absolute Gasteiger partial charge is 0.113 e. The molecule has 0 unspecified atom stereocenters. The van der Waals surface area contributed by atoms with Gasteiger partial charge >= 0.3 is 0 Å². The lowest BCUT2D eigenvalue weighted by Gasteiger charge is -2.27. The number of thiophene rings is 1. The first-order valence-corrected chi connectivity index (χ1v) is 12.5. The second-order valence-electron chi connectivity index (χ2n) is 8.49. The third kappa shape index (κ3) is 4.05. The SMILES string of the molecule is [B]c1ccc(-c2csc(N(c3ccccc3)c3cccc4ccccc34)c2-c2ccccc2)cc1. The monoisotopic (exact) mass is 463 g/mol. The molecule has 0 saturated carbocycles. The molecule has 0 amide bonds. The highest BCUT2D eigenvalue weighted by Gasteiger charge is 2.23. The third-order valence-electron chi connectivity index (χ3n) is 6.28. The lowest BCUT2D eigenvalue weighted by atomic mass is 9.92. The van der Waals surface area contributed by atoms with E-state index < -0.39 is 0 Å². The summed E-state index contributed by atoms with van der Waals surface area (Å²) in [5.41, 5.74) is 7.84. The van der Waals surface area contributed by atoms with Crippen LogP contribution in [0.25, 0.3) is 33.0 Å². The van der Waals surface area contributed by atoms with Crippen molar-refractivity contribution in [1.29, 1.82) is 0 Å². The summed E-state index contributed by atoms with van der Waals surface area (Å²) in [6.07, 6.45) is 0. The molecule has 0 aliphatic heterocycles. The standard InChI is InChI=1S/C32H22BNS/c33-26-20-18-24(19-21-26)29-22-35-32(31(29)25-11-3-1-4-12-25)34(27-14-5-2-6-15-27)30-17-9-13-23-10-7-8-16-28(23)30/h1-22H. The Morgan fingerprint density at radius 1 is 0.571 bits per heavy atom. The quantitative estimate of drug-likeness (QED) is 0.232. The van der Waals surface area contributed by atoms with E-state index in [-0.39, 0.29) is 0 Å². The van der Waals surface area contributed by atoms with Gasteiger partial charge in [0.1, 0.15) is 12.8 Å². The molecule has 0 saturated heterocycles. The summed E-state index contributed by atoms with van der Waals surface area (Å²) in [4.78, 5) is 2.40. The van der Waals surface area contributed by atoms with Crippen molar-refractivity contribution < 1.29 is 0 Å². The van der Waals surface area contributed by atoms with Gasteiger partial charge in [-0.15, -0.1) is 11.3 Å². The minimum Gasteiger partial charge on any atom is -0.301 e. The van der Waals surface area contributed by atoms with Gasteiger partial charge in [-0.2, -0.15) is 0 Å². The van der Waals surface area contributed by atoms with Crippen LogP contribution in [-0.4, -0.2) is 7.85 Å². The fourth-order valence-electron chi connectivity index (χ4n) is 4.62. The lowest BCUT2D eigenvalue weighted by Crippen LogP contribution is -2.10. The van der Waals surface area contributed by atoms with Crippen LogP contribution in [0.3, 0.4) is 0 Å². The number of fused-ring (bicyclic) bond motifs is 1. The molecule has 0 fully saturated rings. The van der Waals surface area contributed by atoms with E-state index in [1.807, 2.05) is 12.1 Å². The predicted molar refractivity (Wildman–Crippen MR) is 153 cm³/mol. The Balaban J connectivity index is 1.66. The maximum Gasteiger partial charge on any atom is 0.113 e. The van der Waals surface area contributed by atoms with Crippen LogP contribution >= 0.6 is 11.3 Å². The number of hydrogen-bond donors (Lipinski definition) is 0. The summed E-state index contributed by atoms with van der Waals surface area (Å²) in [6, 6.07) is 44.6. The number of rotatable bonds is 5. The van der Waals surface area contributed by atoms with E-state index in [2.05, 4.69) is 126 Å². The van der Waals surface area contributed by atoms with Gasteiger partial charge < -0.3 is 4.90 Å². The molecule has 0 aliphatic rings. The Labute approximate surface area is 211 Å². The predicted octanol–water partition coefficient (Wildman–Crippen LogP) is 8.50. The summed E-state index contributed by atoms with van der Waals surface area (Å²) in [5.74, 6) is 0. The van der Waals surface area contributed by atoms with Gasteiger partial charge in [-0.1, -0.05) is 115 Å². The van der Waals surface area contributed by atoms with Crippen LogP contribution in [0.2, 0.25) is 0 Å². The summed E-state index contributed by atoms with van der Waals surface area (Å²) >= 11 is 1.77. The van der Waals surface area contributed by atoms with Crippen molar-refractivity contribution in [2.75, 3.05) is 4.90 Å². The maximum absolute atomic E-state index is 6.01. The zero-order chi connectivity index (χ0) is 23.6. The molecule has 1 heterocycles. The van der Waals surface area contributed by atoms with Crippen LogP contribution in [0.1, 0.15) is 0 Å². The van der Waals surface area contributed by atoms with Crippen LogP contribution < -0.4 is 10.4 Å². The highest BCUT2D eigenvalue weighted by molar-refractivity contribution is 7.15. The molecule has 0 bridgehead atoms. The summed E-state index contributed by atoms with van der Waals surface area (Å²) < 4.78 is 0. The van der Waals surface area contributed by atoms with Crippen molar-refractivity contribution in [2.24, 2.45) is 0 Å². The van der Waals surface area contributed by atoms with E-state index in [4.69, 9.17) is 7.85 Å². The van der Waals surface area contributed by atoms with E-state index in [1.54, 1.807) is 11.3 Å². The molecule has 0 spiro atoms. The van der Waals surface area contributed by atoms with Crippen molar-refractivity contribution >= 4 is 51.8 Å². The van der Waals surface area contributed by atoms with Gasteiger partial charge in [-0.25, -0.2) is 0 Å². The van der Waals surface area contributed by atoms with E-state index in [1.165, 1.54) is 32.5 Å². The Hall–Kier alpha value is -4.08. The number of anilines is 3. The van der Waals surface area contributed by atoms with Gasteiger partial charge in [0.15, 0.2) is 0 Å². The molecule has 3 heteroatoms. The zero-order valence-corrected chi connectivity index (χ0v) is 20.0. The molecule has 0 aliphatic carbocycles. The molecule has 0 atom stereocenters. The van der Waals surface area contributed by atoms with Crippen molar-refractivity contribution in [3.8, 4) is 22.3 Å². The maximum atomic E-state index is 6.01. The Morgan fingerprint density at radius 2 is 1.23 bits per heavy atom. The molecule has 6 aromatic rings. The van der Waals surface area contributed by atoms with E-state index in [0.29, 0.717) is 0 Å². The minimum absolute atomic E-state index is 0.770. The number of nitrogens with zero attached hydrogens (tertiary/aromatic N) is 1. The van der Waals surface area contributed by atoms with Crippen molar-refractivity contribution in [2.45, 2.75) is 0 Å². The molecule has 1 aromatic heterocycles. The normalized spacial score (nSPS) is 11.0. The average molecular weight is 463 g/mol. The first-order valence-electron chi connectivity index (χ1n) is 11.7. The number of para-hydroxylation sites is 1. The summed E-state index contributed by atoms with van der Waals surface area (Å²) in [6.45, 7) is 0. The van der Waals surface area contributed by atoms with Crippen molar-refractivity contribution in [3.63, 3.8) is 0 Å². The fraction of sp³-hybridized carbons (Fsp3) is 0. The number of benzene rings is 5. The van der Waals surface area contributed by atoms with Crippen LogP contribution in [-0.2, 0) is 0 Å². The van der Waals surface area contributed by atoms with Gasteiger partial charge in [-0.05, 0) is 34.7 Å². The molecule has 0 N–H and O–H groups in total. The molecule has 6 rings (SSSR count). The van der Waals surface area contributed by atoms with Gasteiger partial charge in [0.25, 0.3) is 0 Å². The van der Waals surface area contributed by atoms with Gasteiger partial charge in [-0.3, -0.25) is 0 Å². The van der Waals surface area contributed by atoms with Crippen LogP contribution in [0.5, 0.6) is 0 Å². The molecule has 2 radical (unpaired) electrons. The molecule has 1 nitrogen and oxygen atoms in total. The molecular formula is C32H22BNS. The Bertz CT molecular complexity index is 1580. The Kier molecular flexibility index (Phi) is 5.69. The third-order valence-corrected chi connectivity index (χ3v) is 7.24. The van der Waals surface area contributed by atoms with Gasteiger partial charge in [0.2, 0.25) is 0 Å².